The van der Waals surface area contributed by atoms with Crippen LogP contribution in [0.25, 0.3) is 0 Å². The first-order valence-electron chi connectivity index (χ1n) is 7.31. The normalized spacial score (nSPS) is 11.6. The summed E-state index contributed by atoms with van der Waals surface area (Å²) in [5.74, 6) is 1.46. The van der Waals surface area contributed by atoms with Crippen molar-refractivity contribution < 1.29 is 4.74 Å². The minimum atomic E-state index is -0.182. The molecule has 0 saturated heterocycles. The van der Waals surface area contributed by atoms with E-state index in [0.29, 0.717) is 22.6 Å². The van der Waals surface area contributed by atoms with E-state index in [0.717, 1.165) is 11.1 Å². The minimum absolute atomic E-state index is 0.115. The maximum absolute atomic E-state index is 5.94. The van der Waals surface area contributed by atoms with Crippen molar-refractivity contribution >= 4 is 23.5 Å². The van der Waals surface area contributed by atoms with Gasteiger partial charge in [0.1, 0.15) is 6.61 Å². The lowest BCUT2D eigenvalue weighted by Gasteiger charge is -2.20. The number of nitrogens with one attached hydrogen (secondary N) is 1. The van der Waals surface area contributed by atoms with Gasteiger partial charge >= 0.3 is 0 Å². The Balaban J connectivity index is 2.24. The van der Waals surface area contributed by atoms with E-state index in [2.05, 4.69) is 33.4 Å². The third-order valence-corrected chi connectivity index (χ3v) is 3.37. The van der Waals surface area contributed by atoms with Gasteiger partial charge in [-0.1, -0.05) is 42.5 Å². The van der Waals surface area contributed by atoms with E-state index in [1.54, 1.807) is 6.92 Å². The van der Waals surface area contributed by atoms with E-state index in [4.69, 9.17) is 22.1 Å². The average molecular weight is 346 g/mol. The van der Waals surface area contributed by atoms with Gasteiger partial charge in [0.15, 0.2) is 5.82 Å². The first-order chi connectivity index (χ1) is 11.3. The molecule has 0 amide bonds. The molecule has 0 saturated carbocycles. The third-order valence-electron chi connectivity index (χ3n) is 3.12. The summed E-state index contributed by atoms with van der Waals surface area (Å²) in [4.78, 5) is 12.5. The number of nitrogens with zero attached hydrogens (tertiary/aromatic N) is 3. The second kappa shape index (κ2) is 7.79. The molecule has 1 aromatic heterocycles. The highest BCUT2D eigenvalue weighted by atomic mass is 35.5. The molecule has 0 spiro atoms. The van der Waals surface area contributed by atoms with Gasteiger partial charge < -0.3 is 15.8 Å². The van der Waals surface area contributed by atoms with Gasteiger partial charge in [-0.15, -0.1) is 0 Å². The van der Waals surface area contributed by atoms with Crippen molar-refractivity contribution in [1.29, 1.82) is 0 Å². The zero-order valence-electron chi connectivity index (χ0n) is 13.7. The molecule has 1 atom stereocenters. The first kappa shape index (κ1) is 17.7. The predicted octanol–water partition coefficient (Wildman–Crippen LogP) is 3.89. The average Bonchev–Trinajstić information content (AvgIpc) is 2.51. The molecule has 0 radical (unpaired) electrons. The second-order valence-corrected chi connectivity index (χ2v) is 5.84. The number of allylic oxidation sites excluding steroid dienone is 1. The van der Waals surface area contributed by atoms with Crippen LogP contribution in [0.5, 0.6) is 0 Å². The molecule has 0 aliphatic carbocycles. The Bertz CT molecular complexity index is 745. The van der Waals surface area contributed by atoms with Crippen molar-refractivity contribution in [1.82, 2.24) is 15.0 Å². The molecule has 2 rings (SSSR count). The van der Waals surface area contributed by atoms with Gasteiger partial charge in [0.2, 0.25) is 11.9 Å². The number of hydrogen-bond acceptors (Lipinski definition) is 6. The highest BCUT2D eigenvalue weighted by Gasteiger charge is 2.15. The number of nitrogen functional groups attached to an aromatic ring is 1. The largest absolute Gasteiger partial charge is 0.491 e. The maximum Gasteiger partial charge on any atom is 0.228 e. The van der Waals surface area contributed by atoms with Crippen LogP contribution in [0.15, 0.2) is 48.8 Å². The number of rotatable bonds is 7. The van der Waals surface area contributed by atoms with Crippen LogP contribution in [0.1, 0.15) is 31.3 Å². The van der Waals surface area contributed by atoms with Crippen LogP contribution >= 0.6 is 11.6 Å². The van der Waals surface area contributed by atoms with Gasteiger partial charge in [-0.05, 0) is 31.5 Å². The Morgan fingerprint density at radius 1 is 1.21 bits per heavy atom. The number of nitrogens with two attached hydrogens (primary N) is 1. The summed E-state index contributed by atoms with van der Waals surface area (Å²) in [7, 11) is 0. The first-order valence-corrected chi connectivity index (χ1v) is 7.69. The number of hydrogen-bond donors (Lipinski definition) is 2. The summed E-state index contributed by atoms with van der Waals surface area (Å²) < 4.78 is 5.33. The zero-order chi connectivity index (χ0) is 17.7. The second-order valence-electron chi connectivity index (χ2n) is 5.40. The van der Waals surface area contributed by atoms with Gasteiger partial charge in [0, 0.05) is 5.02 Å². The Hall–Kier alpha value is -2.60. The van der Waals surface area contributed by atoms with Crippen LogP contribution in [0.3, 0.4) is 0 Å². The van der Waals surface area contributed by atoms with Gasteiger partial charge in [-0.3, -0.25) is 0 Å². The van der Waals surface area contributed by atoms with Crippen molar-refractivity contribution in [3.63, 3.8) is 0 Å². The van der Waals surface area contributed by atoms with Crippen molar-refractivity contribution in [2.45, 2.75) is 26.5 Å². The van der Waals surface area contributed by atoms with Gasteiger partial charge in [0.25, 0.3) is 0 Å². The molecule has 6 nitrogen and oxygen atoms in total. The van der Waals surface area contributed by atoms with Gasteiger partial charge in [-0.25, -0.2) is 0 Å². The van der Waals surface area contributed by atoms with Crippen LogP contribution in [0, 0.1) is 0 Å². The fourth-order valence-corrected chi connectivity index (χ4v) is 2.16. The fourth-order valence-electron chi connectivity index (χ4n) is 2.03. The van der Waals surface area contributed by atoms with Crippen LogP contribution in [0.4, 0.5) is 11.9 Å². The van der Waals surface area contributed by atoms with Crippen LogP contribution in [0.2, 0.25) is 5.02 Å². The predicted molar refractivity (Wildman–Crippen MR) is 96.5 cm³/mol. The lowest BCUT2D eigenvalue weighted by atomic mass is 10.0. The minimum Gasteiger partial charge on any atom is -0.491 e. The molecule has 0 aliphatic heterocycles. The molecular formula is C17H20ClN5O. The van der Waals surface area contributed by atoms with Crippen LogP contribution in [-0.2, 0) is 11.3 Å². The highest BCUT2D eigenvalue weighted by Crippen LogP contribution is 2.25. The molecule has 1 aromatic carbocycles. The summed E-state index contributed by atoms with van der Waals surface area (Å²) >= 11 is 5.94. The Labute approximate surface area is 146 Å². The fraction of sp³-hybridized carbons (Fsp3) is 0.235. The van der Waals surface area contributed by atoms with Crippen LogP contribution < -0.4 is 11.1 Å². The van der Waals surface area contributed by atoms with E-state index < -0.39 is 0 Å². The van der Waals surface area contributed by atoms with Gasteiger partial charge in [0.05, 0.1) is 11.8 Å². The molecule has 7 heteroatoms. The maximum atomic E-state index is 5.94. The topological polar surface area (TPSA) is 86.0 Å². The van der Waals surface area contributed by atoms with Crippen LogP contribution in [-0.4, -0.2) is 15.0 Å². The quantitative estimate of drug-likeness (QED) is 0.585. The van der Waals surface area contributed by atoms with E-state index in [1.165, 1.54) is 0 Å². The lowest BCUT2D eigenvalue weighted by Crippen LogP contribution is -2.16. The Kier molecular flexibility index (Phi) is 5.76. The number of halogens is 1. The smallest absolute Gasteiger partial charge is 0.228 e. The number of aromatic nitrogens is 3. The van der Waals surface area contributed by atoms with Gasteiger partial charge in [-0.2, -0.15) is 15.0 Å². The third kappa shape index (κ3) is 4.96. The number of ether oxygens (including phenoxy) is 1. The summed E-state index contributed by atoms with van der Waals surface area (Å²) in [6.45, 7) is 11.5. The molecule has 0 aliphatic rings. The molecule has 0 bridgehead atoms. The monoisotopic (exact) mass is 345 g/mol. The Morgan fingerprint density at radius 3 is 2.46 bits per heavy atom. The van der Waals surface area contributed by atoms with E-state index >= 15 is 0 Å². The molecule has 1 heterocycles. The zero-order valence-corrected chi connectivity index (χ0v) is 14.5. The summed E-state index contributed by atoms with van der Waals surface area (Å²) in [6, 6.07) is 7.30. The summed E-state index contributed by atoms with van der Waals surface area (Å²) in [5.41, 5.74) is 7.65. The number of anilines is 2. The van der Waals surface area contributed by atoms with Crippen molar-refractivity contribution in [2.75, 3.05) is 11.1 Å². The van der Waals surface area contributed by atoms with E-state index in [1.807, 2.05) is 31.2 Å². The van der Waals surface area contributed by atoms with Crippen molar-refractivity contribution in [3.8, 4) is 0 Å². The molecule has 3 N–H and O–H groups in total. The highest BCUT2D eigenvalue weighted by molar-refractivity contribution is 6.30. The van der Waals surface area contributed by atoms with E-state index in [-0.39, 0.29) is 18.6 Å². The molecule has 0 fully saturated rings. The molecular weight excluding hydrogens is 326 g/mol. The SMILES string of the molecule is C=C(C)OCc1nc(N)nc(NC(C(=C)C)c2ccc(Cl)cc2)n1. The molecule has 1 unspecified atom stereocenters. The van der Waals surface area contributed by atoms with E-state index in [9.17, 15) is 0 Å². The molecule has 24 heavy (non-hydrogen) atoms. The standard InChI is InChI=1S/C17H20ClN5O/c1-10(2)15(12-5-7-13(18)8-6-12)22-17-21-14(9-24-11(3)4)20-16(19)23-17/h5-8,15H,1,3,9H2,2,4H3,(H3,19,20,21,22,23). The summed E-state index contributed by atoms with van der Waals surface area (Å²) in [5, 5.41) is 3.89. The van der Waals surface area contributed by atoms with Crippen molar-refractivity contribution in [2.24, 2.45) is 0 Å². The van der Waals surface area contributed by atoms with Crippen molar-refractivity contribution in [3.05, 3.63) is 65.2 Å². The molecule has 126 valence electrons. The Morgan fingerprint density at radius 2 is 1.88 bits per heavy atom. The molecule has 2 aromatic rings. The lowest BCUT2D eigenvalue weighted by molar-refractivity contribution is 0.195. The summed E-state index contributed by atoms with van der Waals surface area (Å²) in [6.07, 6.45) is 0. The number of benzene rings is 1.